The Kier molecular flexibility index (Phi) is 13.2. The molecule has 1 aromatic heterocycles. The summed E-state index contributed by atoms with van der Waals surface area (Å²) in [5.41, 5.74) is 3.03. The smallest absolute Gasteiger partial charge is 0.185 e. The van der Waals surface area contributed by atoms with E-state index in [0.29, 0.717) is 5.92 Å². The fraction of sp³-hybridized carbons (Fsp3) is 0.645. The molecule has 2 aromatic rings. The Morgan fingerprint density at radius 1 is 0.743 bits per heavy atom. The highest BCUT2D eigenvalue weighted by molar-refractivity contribution is 5.60. The van der Waals surface area contributed by atoms with Crippen molar-refractivity contribution in [3.63, 3.8) is 0 Å². The molecule has 0 atom stereocenters. The Morgan fingerprint density at radius 3 is 2.00 bits per heavy atom. The Labute approximate surface area is 213 Å². The second kappa shape index (κ2) is 16.7. The number of nitrogens with zero attached hydrogens (tertiary/aromatic N) is 1. The van der Waals surface area contributed by atoms with Crippen molar-refractivity contribution in [2.24, 2.45) is 5.92 Å². The first-order valence-corrected chi connectivity index (χ1v) is 14.2. The highest BCUT2D eigenvalue weighted by Crippen LogP contribution is 2.28. The number of hydrogen-bond donors (Lipinski definition) is 0. The van der Waals surface area contributed by atoms with Crippen LogP contribution in [0.25, 0.3) is 11.3 Å². The molecule has 0 unspecified atom stereocenters. The standard InChI is InChI=1S/C31H47NO3/c1-3-5-7-9-10-11-13-15-26-24-34-31(35-25-26)28-18-21-30(32-23-28)27-16-19-29(20-17-27)33-22-14-12-8-6-4-2/h16-21,23,26,31H,3-15,22,24-25H2,1-2H3/t26-,31-. The van der Waals surface area contributed by atoms with Crippen LogP contribution in [0.4, 0.5) is 0 Å². The molecule has 35 heavy (non-hydrogen) atoms. The van der Waals surface area contributed by atoms with Crippen molar-refractivity contribution in [2.45, 2.75) is 104 Å². The van der Waals surface area contributed by atoms with Gasteiger partial charge in [-0.3, -0.25) is 4.98 Å². The van der Waals surface area contributed by atoms with Crippen LogP contribution in [-0.2, 0) is 9.47 Å². The fourth-order valence-electron chi connectivity index (χ4n) is 4.63. The van der Waals surface area contributed by atoms with E-state index in [2.05, 4.69) is 43.1 Å². The van der Waals surface area contributed by atoms with E-state index in [1.54, 1.807) is 0 Å². The van der Waals surface area contributed by atoms with Gasteiger partial charge < -0.3 is 14.2 Å². The highest BCUT2D eigenvalue weighted by atomic mass is 16.7. The third kappa shape index (κ3) is 10.3. The molecular formula is C31H47NO3. The van der Waals surface area contributed by atoms with Crippen LogP contribution in [0.2, 0.25) is 0 Å². The van der Waals surface area contributed by atoms with E-state index >= 15 is 0 Å². The molecule has 0 N–H and O–H groups in total. The van der Waals surface area contributed by atoms with Crippen molar-refractivity contribution in [3.05, 3.63) is 48.2 Å². The van der Waals surface area contributed by atoms with E-state index < -0.39 is 0 Å². The molecule has 0 bridgehead atoms. The van der Waals surface area contributed by atoms with Crippen LogP contribution in [0.3, 0.4) is 0 Å². The van der Waals surface area contributed by atoms with E-state index in [4.69, 9.17) is 14.2 Å². The molecule has 4 heteroatoms. The van der Waals surface area contributed by atoms with Gasteiger partial charge in [0, 0.05) is 23.2 Å². The first-order valence-electron chi connectivity index (χ1n) is 14.2. The summed E-state index contributed by atoms with van der Waals surface area (Å²) >= 11 is 0. The van der Waals surface area contributed by atoms with E-state index in [0.717, 1.165) is 48.8 Å². The molecule has 0 amide bonds. The quantitative estimate of drug-likeness (QED) is 0.211. The zero-order chi connectivity index (χ0) is 24.6. The average Bonchev–Trinajstić information content (AvgIpc) is 2.91. The SMILES string of the molecule is CCCCCCCCC[C@H]1CO[C@H](c2ccc(-c3ccc(OCCCCCCC)cc3)nc2)OC1. The molecule has 1 aliphatic heterocycles. The molecule has 1 aliphatic rings. The summed E-state index contributed by atoms with van der Waals surface area (Å²) in [5, 5.41) is 0. The predicted molar refractivity (Wildman–Crippen MR) is 145 cm³/mol. The van der Waals surface area contributed by atoms with E-state index in [9.17, 15) is 0 Å². The lowest BCUT2D eigenvalue weighted by atomic mass is 10.0. The third-order valence-corrected chi connectivity index (χ3v) is 6.91. The van der Waals surface area contributed by atoms with Crippen LogP contribution in [-0.4, -0.2) is 24.8 Å². The molecule has 2 heterocycles. The van der Waals surface area contributed by atoms with Crippen LogP contribution in [0, 0.1) is 5.92 Å². The summed E-state index contributed by atoms with van der Waals surface area (Å²) < 4.78 is 18.0. The largest absolute Gasteiger partial charge is 0.494 e. The number of rotatable bonds is 17. The molecule has 3 rings (SSSR count). The fourth-order valence-corrected chi connectivity index (χ4v) is 4.63. The lowest BCUT2D eigenvalue weighted by molar-refractivity contribution is -0.206. The maximum atomic E-state index is 6.04. The van der Waals surface area contributed by atoms with Gasteiger partial charge in [-0.05, 0) is 43.2 Å². The molecular weight excluding hydrogens is 434 g/mol. The van der Waals surface area contributed by atoms with Gasteiger partial charge in [-0.25, -0.2) is 0 Å². The van der Waals surface area contributed by atoms with Crippen molar-refractivity contribution < 1.29 is 14.2 Å². The molecule has 194 valence electrons. The zero-order valence-corrected chi connectivity index (χ0v) is 22.2. The number of hydrogen-bond acceptors (Lipinski definition) is 4. The Balaban J connectivity index is 1.35. The summed E-state index contributed by atoms with van der Waals surface area (Å²) in [6.07, 6.45) is 18.5. The van der Waals surface area contributed by atoms with Gasteiger partial charge in [0.1, 0.15) is 5.75 Å². The Bertz CT molecular complexity index is 782. The van der Waals surface area contributed by atoms with Gasteiger partial charge in [-0.1, -0.05) is 90.5 Å². The summed E-state index contributed by atoms with van der Waals surface area (Å²) in [7, 11) is 0. The number of ether oxygens (including phenoxy) is 3. The summed E-state index contributed by atoms with van der Waals surface area (Å²) in [6.45, 7) is 6.86. The van der Waals surface area contributed by atoms with Crippen LogP contribution >= 0.6 is 0 Å². The molecule has 1 saturated heterocycles. The minimum Gasteiger partial charge on any atom is -0.494 e. The van der Waals surface area contributed by atoms with Gasteiger partial charge in [0.25, 0.3) is 0 Å². The Hall–Kier alpha value is -1.91. The predicted octanol–water partition coefficient (Wildman–Crippen LogP) is 8.90. The van der Waals surface area contributed by atoms with E-state index in [-0.39, 0.29) is 6.29 Å². The maximum absolute atomic E-state index is 6.04. The lowest BCUT2D eigenvalue weighted by Gasteiger charge is -2.29. The number of unbranched alkanes of at least 4 members (excludes halogenated alkanes) is 10. The van der Waals surface area contributed by atoms with Crippen LogP contribution in [0.5, 0.6) is 5.75 Å². The molecule has 0 saturated carbocycles. The van der Waals surface area contributed by atoms with Gasteiger partial charge in [0.05, 0.1) is 25.5 Å². The number of benzene rings is 1. The van der Waals surface area contributed by atoms with Crippen molar-refractivity contribution >= 4 is 0 Å². The molecule has 4 nitrogen and oxygen atoms in total. The maximum Gasteiger partial charge on any atom is 0.185 e. The first kappa shape index (κ1) is 27.7. The second-order valence-electron chi connectivity index (χ2n) is 10.0. The summed E-state index contributed by atoms with van der Waals surface area (Å²) in [5.74, 6) is 1.45. The van der Waals surface area contributed by atoms with Crippen molar-refractivity contribution in [1.82, 2.24) is 4.98 Å². The molecule has 1 aromatic carbocycles. The lowest BCUT2D eigenvalue weighted by Crippen LogP contribution is -2.27. The van der Waals surface area contributed by atoms with E-state index in [1.165, 1.54) is 77.0 Å². The van der Waals surface area contributed by atoms with E-state index in [1.807, 2.05) is 18.3 Å². The normalized spacial score (nSPS) is 18.0. The van der Waals surface area contributed by atoms with Gasteiger partial charge in [-0.15, -0.1) is 0 Å². The van der Waals surface area contributed by atoms with Crippen LogP contribution in [0.15, 0.2) is 42.6 Å². The highest BCUT2D eigenvalue weighted by Gasteiger charge is 2.23. The van der Waals surface area contributed by atoms with Gasteiger partial charge in [-0.2, -0.15) is 0 Å². The summed E-state index contributed by atoms with van der Waals surface area (Å²) in [6, 6.07) is 12.4. The zero-order valence-electron chi connectivity index (χ0n) is 22.2. The average molecular weight is 482 g/mol. The second-order valence-corrected chi connectivity index (χ2v) is 10.0. The number of aromatic nitrogens is 1. The number of pyridine rings is 1. The first-order chi connectivity index (χ1) is 17.3. The van der Waals surface area contributed by atoms with Gasteiger partial charge in [0.2, 0.25) is 0 Å². The van der Waals surface area contributed by atoms with Gasteiger partial charge in [0.15, 0.2) is 6.29 Å². The van der Waals surface area contributed by atoms with Crippen molar-refractivity contribution in [2.75, 3.05) is 19.8 Å². The Morgan fingerprint density at radius 2 is 1.37 bits per heavy atom. The topological polar surface area (TPSA) is 40.6 Å². The monoisotopic (exact) mass is 481 g/mol. The minimum absolute atomic E-state index is 0.296. The summed E-state index contributed by atoms with van der Waals surface area (Å²) in [4.78, 5) is 4.67. The van der Waals surface area contributed by atoms with Crippen LogP contribution < -0.4 is 4.74 Å². The molecule has 1 fully saturated rings. The van der Waals surface area contributed by atoms with Gasteiger partial charge >= 0.3 is 0 Å². The third-order valence-electron chi connectivity index (χ3n) is 6.91. The van der Waals surface area contributed by atoms with Crippen molar-refractivity contribution in [3.8, 4) is 17.0 Å². The molecule has 0 aliphatic carbocycles. The molecule has 0 spiro atoms. The molecule has 0 radical (unpaired) electrons. The van der Waals surface area contributed by atoms with Crippen LogP contribution in [0.1, 0.15) is 109 Å². The minimum atomic E-state index is -0.296. The van der Waals surface area contributed by atoms with Crippen molar-refractivity contribution in [1.29, 1.82) is 0 Å².